The van der Waals surface area contributed by atoms with Crippen molar-refractivity contribution in [3.8, 4) is 0 Å². The van der Waals surface area contributed by atoms with E-state index in [-0.39, 0.29) is 36.8 Å². The average molecular weight is 356 g/mol. The largest absolute Gasteiger partial charge is 0.445 e. The SMILES string of the molecule is C=CCN(C(=O)OCc1ccc([N+](=O)[O-])cc1)C1CCNCC1.Cl. The molecule has 0 radical (unpaired) electrons. The molecule has 1 aliphatic heterocycles. The minimum Gasteiger partial charge on any atom is -0.445 e. The maximum atomic E-state index is 12.3. The molecule has 132 valence electrons. The van der Waals surface area contributed by atoms with E-state index in [1.54, 1.807) is 23.1 Å². The molecule has 1 amide bonds. The second-order valence-electron chi connectivity index (χ2n) is 5.40. The van der Waals surface area contributed by atoms with E-state index in [1.165, 1.54) is 12.1 Å². The number of benzene rings is 1. The molecule has 1 aromatic carbocycles. The number of rotatable bonds is 6. The summed E-state index contributed by atoms with van der Waals surface area (Å²) >= 11 is 0. The van der Waals surface area contributed by atoms with Crippen molar-refractivity contribution in [3.05, 3.63) is 52.6 Å². The molecule has 1 N–H and O–H groups in total. The van der Waals surface area contributed by atoms with Crippen LogP contribution in [0.25, 0.3) is 0 Å². The molecule has 24 heavy (non-hydrogen) atoms. The zero-order valence-corrected chi connectivity index (χ0v) is 14.2. The first-order valence-electron chi connectivity index (χ1n) is 7.60. The zero-order valence-electron chi connectivity index (χ0n) is 13.3. The summed E-state index contributed by atoms with van der Waals surface area (Å²) in [5.74, 6) is 0. The highest BCUT2D eigenvalue weighted by molar-refractivity contribution is 5.85. The Morgan fingerprint density at radius 3 is 2.54 bits per heavy atom. The maximum Gasteiger partial charge on any atom is 0.410 e. The first-order valence-corrected chi connectivity index (χ1v) is 7.60. The predicted molar refractivity (Wildman–Crippen MR) is 93.3 cm³/mol. The second-order valence-corrected chi connectivity index (χ2v) is 5.40. The number of nitrogens with zero attached hydrogens (tertiary/aromatic N) is 2. The van der Waals surface area contributed by atoms with Crippen molar-refractivity contribution in [2.24, 2.45) is 0 Å². The number of amides is 1. The lowest BCUT2D eigenvalue weighted by atomic mass is 10.1. The van der Waals surface area contributed by atoms with Gasteiger partial charge in [0.05, 0.1) is 4.92 Å². The van der Waals surface area contributed by atoms with Gasteiger partial charge in [-0.3, -0.25) is 10.1 Å². The molecule has 1 saturated heterocycles. The number of hydrogen-bond acceptors (Lipinski definition) is 5. The van der Waals surface area contributed by atoms with E-state index in [9.17, 15) is 14.9 Å². The predicted octanol–water partition coefficient (Wildman–Crippen LogP) is 2.89. The molecule has 1 aromatic rings. The Labute approximate surface area is 147 Å². The van der Waals surface area contributed by atoms with E-state index in [2.05, 4.69) is 11.9 Å². The third-order valence-corrected chi connectivity index (χ3v) is 3.82. The van der Waals surface area contributed by atoms with Gasteiger partial charge in [0.2, 0.25) is 0 Å². The minimum absolute atomic E-state index is 0. The van der Waals surface area contributed by atoms with Crippen molar-refractivity contribution in [3.63, 3.8) is 0 Å². The first kappa shape index (κ1) is 19.9. The molecule has 8 heteroatoms. The van der Waals surface area contributed by atoms with Crippen LogP contribution in [0.1, 0.15) is 18.4 Å². The molecule has 0 saturated carbocycles. The molecule has 1 heterocycles. The van der Waals surface area contributed by atoms with Crippen molar-refractivity contribution in [1.82, 2.24) is 10.2 Å². The van der Waals surface area contributed by atoms with Crippen LogP contribution >= 0.6 is 12.4 Å². The molecule has 0 bridgehead atoms. The van der Waals surface area contributed by atoms with E-state index >= 15 is 0 Å². The van der Waals surface area contributed by atoms with E-state index < -0.39 is 4.92 Å². The van der Waals surface area contributed by atoms with Crippen molar-refractivity contribution >= 4 is 24.2 Å². The van der Waals surface area contributed by atoms with E-state index in [4.69, 9.17) is 4.74 Å². The lowest BCUT2D eigenvalue weighted by Crippen LogP contribution is -2.46. The van der Waals surface area contributed by atoms with Crippen LogP contribution in [-0.2, 0) is 11.3 Å². The fourth-order valence-electron chi connectivity index (χ4n) is 2.57. The number of carbonyl (C=O) groups excluding carboxylic acids is 1. The summed E-state index contributed by atoms with van der Waals surface area (Å²) in [5.41, 5.74) is 0.732. The lowest BCUT2D eigenvalue weighted by Gasteiger charge is -2.33. The lowest BCUT2D eigenvalue weighted by molar-refractivity contribution is -0.384. The van der Waals surface area contributed by atoms with Gasteiger partial charge < -0.3 is 15.0 Å². The van der Waals surface area contributed by atoms with Crippen LogP contribution in [-0.4, -0.2) is 41.6 Å². The summed E-state index contributed by atoms with van der Waals surface area (Å²) in [5, 5.41) is 13.9. The molecule has 0 unspecified atom stereocenters. The number of nitro benzene ring substituents is 1. The average Bonchev–Trinajstić information content (AvgIpc) is 2.58. The fourth-order valence-corrected chi connectivity index (χ4v) is 2.57. The number of carbonyl (C=O) groups is 1. The highest BCUT2D eigenvalue weighted by Crippen LogP contribution is 2.16. The number of hydrogen-bond donors (Lipinski definition) is 1. The molecular formula is C16H22ClN3O4. The summed E-state index contributed by atoms with van der Waals surface area (Å²) < 4.78 is 5.35. The Kier molecular flexibility index (Phi) is 8.21. The van der Waals surface area contributed by atoms with Crippen LogP contribution in [0.4, 0.5) is 10.5 Å². The fraction of sp³-hybridized carbons (Fsp3) is 0.438. The third-order valence-electron chi connectivity index (χ3n) is 3.82. The van der Waals surface area contributed by atoms with Gasteiger partial charge >= 0.3 is 6.09 Å². The Hall–Kier alpha value is -2.12. The molecule has 1 aliphatic rings. The third kappa shape index (κ3) is 5.50. The number of non-ortho nitro benzene ring substituents is 1. The van der Waals surface area contributed by atoms with Crippen LogP contribution < -0.4 is 5.32 Å². The summed E-state index contributed by atoms with van der Waals surface area (Å²) in [6.45, 7) is 6.00. The molecule has 0 spiro atoms. The summed E-state index contributed by atoms with van der Waals surface area (Å²) in [6, 6.07) is 6.13. The van der Waals surface area contributed by atoms with E-state index in [0.29, 0.717) is 12.1 Å². The smallest absolute Gasteiger partial charge is 0.410 e. The summed E-state index contributed by atoms with van der Waals surface area (Å²) in [4.78, 5) is 24.2. The van der Waals surface area contributed by atoms with Crippen molar-refractivity contribution in [2.45, 2.75) is 25.5 Å². The van der Waals surface area contributed by atoms with Crippen LogP contribution in [0.3, 0.4) is 0 Å². The highest BCUT2D eigenvalue weighted by atomic mass is 35.5. The van der Waals surface area contributed by atoms with Gasteiger partial charge in [-0.2, -0.15) is 0 Å². The quantitative estimate of drug-likeness (QED) is 0.482. The van der Waals surface area contributed by atoms with E-state index in [1.807, 2.05) is 0 Å². The topological polar surface area (TPSA) is 84.7 Å². The minimum atomic E-state index is -0.460. The number of halogens is 1. The van der Waals surface area contributed by atoms with Gasteiger partial charge in [0, 0.05) is 24.7 Å². The van der Waals surface area contributed by atoms with Gasteiger partial charge in [0.1, 0.15) is 6.61 Å². The van der Waals surface area contributed by atoms with Crippen molar-refractivity contribution in [1.29, 1.82) is 0 Å². The summed E-state index contributed by atoms with van der Waals surface area (Å²) in [6.07, 6.45) is 3.09. The van der Waals surface area contributed by atoms with Gasteiger partial charge in [0.25, 0.3) is 5.69 Å². The second kappa shape index (κ2) is 9.89. The highest BCUT2D eigenvalue weighted by Gasteiger charge is 2.25. The zero-order chi connectivity index (χ0) is 16.7. The first-order chi connectivity index (χ1) is 11.1. The van der Waals surface area contributed by atoms with Gasteiger partial charge in [-0.15, -0.1) is 19.0 Å². The molecule has 1 fully saturated rings. The van der Waals surface area contributed by atoms with Gasteiger partial charge in [-0.1, -0.05) is 6.08 Å². The molecule has 2 rings (SSSR count). The molecule has 0 aromatic heterocycles. The molecule has 7 nitrogen and oxygen atoms in total. The molecule has 0 atom stereocenters. The van der Waals surface area contributed by atoms with Gasteiger partial charge in [-0.05, 0) is 43.6 Å². The Balaban J connectivity index is 0.00000288. The number of nitro groups is 1. The maximum absolute atomic E-state index is 12.3. The van der Waals surface area contributed by atoms with Crippen LogP contribution in [0.2, 0.25) is 0 Å². The standard InChI is InChI=1S/C16H21N3O4.ClH/c1-2-11-18(14-7-9-17-10-8-14)16(20)23-12-13-3-5-15(6-4-13)19(21)22;/h2-6,14,17H,1,7-12H2;1H. The summed E-state index contributed by atoms with van der Waals surface area (Å²) in [7, 11) is 0. The van der Waals surface area contributed by atoms with E-state index in [0.717, 1.165) is 25.9 Å². The van der Waals surface area contributed by atoms with Crippen molar-refractivity contribution in [2.75, 3.05) is 19.6 Å². The van der Waals surface area contributed by atoms with Crippen LogP contribution in [0.15, 0.2) is 36.9 Å². The number of ether oxygens (including phenoxy) is 1. The molecule has 0 aliphatic carbocycles. The monoisotopic (exact) mass is 355 g/mol. The number of nitrogens with one attached hydrogen (secondary N) is 1. The normalized spacial score (nSPS) is 14.3. The van der Waals surface area contributed by atoms with Gasteiger partial charge in [-0.25, -0.2) is 4.79 Å². The Morgan fingerprint density at radius 2 is 2.00 bits per heavy atom. The van der Waals surface area contributed by atoms with Crippen LogP contribution in [0.5, 0.6) is 0 Å². The van der Waals surface area contributed by atoms with Crippen LogP contribution in [0, 0.1) is 10.1 Å². The molecular weight excluding hydrogens is 334 g/mol. The number of piperidine rings is 1. The van der Waals surface area contributed by atoms with Crippen molar-refractivity contribution < 1.29 is 14.5 Å². The Morgan fingerprint density at radius 1 is 1.38 bits per heavy atom. The Bertz CT molecular complexity index is 559. The van der Waals surface area contributed by atoms with Gasteiger partial charge in [0.15, 0.2) is 0 Å².